The van der Waals surface area contributed by atoms with Crippen LogP contribution in [0, 0.1) is 11.8 Å². The first-order chi connectivity index (χ1) is 8.96. The largest absolute Gasteiger partial charge is 0.317 e. The molecule has 1 aromatic heterocycles. The molecule has 0 saturated carbocycles. The van der Waals surface area contributed by atoms with Crippen LogP contribution in [-0.2, 0) is 19.4 Å². The van der Waals surface area contributed by atoms with Gasteiger partial charge in [-0.05, 0) is 61.5 Å². The molecule has 4 heteroatoms. The molecule has 19 heavy (non-hydrogen) atoms. The van der Waals surface area contributed by atoms with Crippen molar-refractivity contribution in [3.8, 4) is 0 Å². The third kappa shape index (κ3) is 3.82. The Balaban J connectivity index is 3.05. The van der Waals surface area contributed by atoms with Crippen LogP contribution >= 0.6 is 15.9 Å². The van der Waals surface area contributed by atoms with Crippen molar-refractivity contribution in [1.29, 1.82) is 0 Å². The predicted octanol–water partition coefficient (Wildman–Crippen LogP) is 3.65. The Hall–Kier alpha value is -0.350. The van der Waals surface area contributed by atoms with Crippen LogP contribution in [0.3, 0.4) is 0 Å². The molecule has 1 rings (SSSR count). The normalized spacial score (nSPS) is 14.9. The van der Waals surface area contributed by atoms with E-state index in [4.69, 9.17) is 5.10 Å². The summed E-state index contributed by atoms with van der Waals surface area (Å²) in [6.45, 7) is 12.1. The van der Waals surface area contributed by atoms with Crippen LogP contribution in [-0.4, -0.2) is 22.9 Å². The van der Waals surface area contributed by atoms with Crippen molar-refractivity contribution in [3.63, 3.8) is 0 Å². The van der Waals surface area contributed by atoms with Crippen molar-refractivity contribution >= 4 is 15.9 Å². The van der Waals surface area contributed by atoms with Crippen LogP contribution < -0.4 is 5.32 Å². The summed E-state index contributed by atoms with van der Waals surface area (Å²) in [5, 5.41) is 8.09. The van der Waals surface area contributed by atoms with Crippen molar-refractivity contribution in [1.82, 2.24) is 15.1 Å². The second kappa shape index (κ2) is 7.44. The summed E-state index contributed by atoms with van der Waals surface area (Å²) < 4.78 is 3.37. The topological polar surface area (TPSA) is 29.9 Å². The van der Waals surface area contributed by atoms with E-state index in [9.17, 15) is 0 Å². The molecule has 0 aliphatic rings. The van der Waals surface area contributed by atoms with Gasteiger partial charge in [-0.1, -0.05) is 20.8 Å². The van der Waals surface area contributed by atoms with Gasteiger partial charge >= 0.3 is 0 Å². The molecule has 0 saturated heterocycles. The lowest BCUT2D eigenvalue weighted by atomic mass is 9.85. The van der Waals surface area contributed by atoms with Gasteiger partial charge in [0.25, 0.3) is 0 Å². The summed E-state index contributed by atoms with van der Waals surface area (Å²) in [5.41, 5.74) is 2.52. The Morgan fingerprint density at radius 1 is 1.26 bits per heavy atom. The van der Waals surface area contributed by atoms with E-state index in [1.54, 1.807) is 0 Å². The lowest BCUT2D eigenvalue weighted by molar-refractivity contribution is 0.293. The number of halogens is 1. The van der Waals surface area contributed by atoms with Gasteiger partial charge in [-0.2, -0.15) is 5.10 Å². The van der Waals surface area contributed by atoms with E-state index in [2.05, 4.69) is 60.5 Å². The average Bonchev–Trinajstić information content (AvgIpc) is 2.70. The Kier molecular flexibility index (Phi) is 6.54. The molecule has 3 nitrogen and oxygen atoms in total. The van der Waals surface area contributed by atoms with Gasteiger partial charge in [0.2, 0.25) is 0 Å². The van der Waals surface area contributed by atoms with Gasteiger partial charge in [-0.3, -0.25) is 4.68 Å². The summed E-state index contributed by atoms with van der Waals surface area (Å²) >= 11 is 3.75. The summed E-state index contributed by atoms with van der Waals surface area (Å²) in [5.74, 6) is 1.27. The van der Waals surface area contributed by atoms with Gasteiger partial charge in [0.05, 0.1) is 15.9 Å². The van der Waals surface area contributed by atoms with Crippen molar-refractivity contribution in [2.45, 2.75) is 60.0 Å². The fraction of sp³-hybridized carbons (Fsp3) is 0.800. The SMILES string of the molecule is CCc1nn(CC)c(CC(C(C)C)C(C)NC)c1Br. The second-order valence-corrected chi connectivity index (χ2v) is 6.36. The van der Waals surface area contributed by atoms with Crippen molar-refractivity contribution in [2.24, 2.45) is 11.8 Å². The first-order valence-electron chi connectivity index (χ1n) is 7.37. The van der Waals surface area contributed by atoms with Crippen LogP contribution in [0.15, 0.2) is 4.47 Å². The van der Waals surface area contributed by atoms with Gasteiger partial charge < -0.3 is 5.32 Å². The zero-order valence-corrected chi connectivity index (χ0v) is 14.7. The minimum absolute atomic E-state index is 0.511. The molecule has 0 spiro atoms. The summed E-state index contributed by atoms with van der Waals surface area (Å²) in [4.78, 5) is 0. The van der Waals surface area contributed by atoms with Gasteiger partial charge in [0.1, 0.15) is 0 Å². The predicted molar refractivity (Wildman–Crippen MR) is 85.5 cm³/mol. The van der Waals surface area contributed by atoms with Crippen LogP contribution in [0.5, 0.6) is 0 Å². The molecule has 0 bridgehead atoms. The molecule has 0 fully saturated rings. The molecule has 0 amide bonds. The van der Waals surface area contributed by atoms with E-state index in [0.29, 0.717) is 17.9 Å². The van der Waals surface area contributed by atoms with Crippen LogP contribution in [0.2, 0.25) is 0 Å². The average molecular weight is 330 g/mol. The molecule has 0 aliphatic heterocycles. The number of hydrogen-bond acceptors (Lipinski definition) is 2. The molecule has 2 atom stereocenters. The minimum atomic E-state index is 0.511. The molecule has 110 valence electrons. The van der Waals surface area contributed by atoms with E-state index in [-0.39, 0.29) is 0 Å². The number of hydrogen-bond donors (Lipinski definition) is 1. The zero-order valence-electron chi connectivity index (χ0n) is 13.1. The second-order valence-electron chi connectivity index (χ2n) is 5.57. The van der Waals surface area contributed by atoms with Crippen molar-refractivity contribution in [2.75, 3.05) is 7.05 Å². The molecule has 2 unspecified atom stereocenters. The maximum atomic E-state index is 4.69. The van der Waals surface area contributed by atoms with Crippen LogP contribution in [0.25, 0.3) is 0 Å². The van der Waals surface area contributed by atoms with E-state index in [1.807, 2.05) is 7.05 Å². The van der Waals surface area contributed by atoms with Crippen LogP contribution in [0.1, 0.15) is 46.0 Å². The summed E-state index contributed by atoms with van der Waals surface area (Å²) in [7, 11) is 2.05. The third-order valence-corrected chi connectivity index (χ3v) is 4.99. The lowest BCUT2D eigenvalue weighted by Crippen LogP contribution is -2.35. The Labute approximate surface area is 126 Å². The van der Waals surface area contributed by atoms with E-state index in [1.165, 1.54) is 15.9 Å². The molecule has 0 aliphatic carbocycles. The van der Waals surface area contributed by atoms with Crippen LogP contribution in [0.4, 0.5) is 0 Å². The standard InChI is InChI=1S/C15H28BrN3/c1-7-13-15(16)14(19(8-2)18-13)9-12(10(3)4)11(5)17-6/h10-12,17H,7-9H2,1-6H3. The Morgan fingerprint density at radius 3 is 2.32 bits per heavy atom. The minimum Gasteiger partial charge on any atom is -0.317 e. The van der Waals surface area contributed by atoms with Gasteiger partial charge in [0, 0.05) is 12.6 Å². The zero-order chi connectivity index (χ0) is 14.6. The molecule has 0 radical (unpaired) electrons. The molecular formula is C15H28BrN3. The first-order valence-corrected chi connectivity index (χ1v) is 8.16. The molecule has 1 aromatic rings. The molecule has 0 aromatic carbocycles. The first kappa shape index (κ1) is 16.7. The maximum Gasteiger partial charge on any atom is 0.0766 e. The Bertz CT molecular complexity index is 398. The molecular weight excluding hydrogens is 302 g/mol. The van der Waals surface area contributed by atoms with Crippen molar-refractivity contribution < 1.29 is 0 Å². The number of aryl methyl sites for hydroxylation is 2. The third-order valence-electron chi connectivity index (χ3n) is 4.08. The number of rotatable bonds is 7. The van der Waals surface area contributed by atoms with E-state index >= 15 is 0 Å². The highest BCUT2D eigenvalue weighted by Gasteiger charge is 2.24. The Morgan fingerprint density at radius 2 is 1.89 bits per heavy atom. The highest BCUT2D eigenvalue weighted by atomic mass is 79.9. The summed E-state index contributed by atoms with van der Waals surface area (Å²) in [6, 6.07) is 0.511. The molecule has 1 N–H and O–H groups in total. The quantitative estimate of drug-likeness (QED) is 0.827. The van der Waals surface area contributed by atoms with Gasteiger partial charge in [-0.25, -0.2) is 0 Å². The lowest BCUT2D eigenvalue weighted by Gasteiger charge is -2.27. The van der Waals surface area contributed by atoms with Crippen molar-refractivity contribution in [3.05, 3.63) is 15.9 Å². The number of aromatic nitrogens is 2. The smallest absolute Gasteiger partial charge is 0.0766 e. The number of nitrogens with one attached hydrogen (secondary N) is 1. The van der Waals surface area contributed by atoms with E-state index < -0.39 is 0 Å². The fourth-order valence-corrected chi connectivity index (χ4v) is 3.37. The van der Waals surface area contributed by atoms with Gasteiger partial charge in [0.15, 0.2) is 0 Å². The number of nitrogens with zero attached hydrogens (tertiary/aromatic N) is 2. The maximum absolute atomic E-state index is 4.69. The van der Waals surface area contributed by atoms with E-state index in [0.717, 1.165) is 19.4 Å². The summed E-state index contributed by atoms with van der Waals surface area (Å²) in [6.07, 6.45) is 2.05. The highest BCUT2D eigenvalue weighted by Crippen LogP contribution is 2.28. The fourth-order valence-electron chi connectivity index (χ4n) is 2.64. The molecule has 1 heterocycles. The highest BCUT2D eigenvalue weighted by molar-refractivity contribution is 9.10. The van der Waals surface area contributed by atoms with Gasteiger partial charge in [-0.15, -0.1) is 0 Å². The monoisotopic (exact) mass is 329 g/mol.